The molecule has 0 bridgehead atoms. The minimum absolute atomic E-state index is 0.0649. The highest BCUT2D eigenvalue weighted by Crippen LogP contribution is 2.40. The first-order valence-corrected chi connectivity index (χ1v) is 8.53. The number of carbonyl (C=O) groups is 1. The molecule has 0 aliphatic carbocycles. The van der Waals surface area contributed by atoms with Gasteiger partial charge in [-0.05, 0) is 29.1 Å². The zero-order valence-electron chi connectivity index (χ0n) is 11.3. The van der Waals surface area contributed by atoms with Gasteiger partial charge in [-0.1, -0.05) is 18.2 Å². The highest BCUT2D eigenvalue weighted by Gasteiger charge is 2.33. The van der Waals surface area contributed by atoms with Gasteiger partial charge in [-0.25, -0.2) is 0 Å². The van der Waals surface area contributed by atoms with Crippen LogP contribution in [0.2, 0.25) is 0 Å². The zero-order valence-corrected chi connectivity index (χ0v) is 13.0. The van der Waals surface area contributed by atoms with Gasteiger partial charge in [-0.3, -0.25) is 4.79 Å². The summed E-state index contributed by atoms with van der Waals surface area (Å²) in [6.45, 7) is 0.604. The second-order valence-corrected chi connectivity index (χ2v) is 6.95. The molecular weight excluding hydrogens is 331 g/mol. The summed E-state index contributed by atoms with van der Waals surface area (Å²) in [5, 5.41) is 1.61. The molecule has 22 heavy (non-hydrogen) atoms. The van der Waals surface area contributed by atoms with Gasteiger partial charge >= 0.3 is 6.18 Å². The average molecular weight is 343 g/mol. The van der Waals surface area contributed by atoms with Crippen LogP contribution >= 0.6 is 23.1 Å². The molecule has 3 rings (SSSR count). The molecule has 0 N–H and O–H groups in total. The molecule has 0 radical (unpaired) electrons. The van der Waals surface area contributed by atoms with Crippen molar-refractivity contribution < 1.29 is 18.0 Å². The molecule has 1 amide bonds. The molecule has 2 nitrogen and oxygen atoms in total. The van der Waals surface area contributed by atoms with E-state index in [1.807, 2.05) is 11.4 Å². The van der Waals surface area contributed by atoms with Crippen molar-refractivity contribution in [2.75, 3.05) is 12.3 Å². The Hall–Kier alpha value is -1.47. The van der Waals surface area contributed by atoms with Gasteiger partial charge in [0, 0.05) is 12.3 Å². The second kappa shape index (κ2) is 5.96. The molecular formula is C15H12F3NOS2. The van der Waals surface area contributed by atoms with E-state index in [4.69, 9.17) is 0 Å². The summed E-state index contributed by atoms with van der Waals surface area (Å²) in [6, 6.07) is 8.64. The number of nitrogens with zero attached hydrogens (tertiary/aromatic N) is 1. The lowest BCUT2D eigenvalue weighted by molar-refractivity contribution is -0.137. The maximum atomic E-state index is 12.6. The molecule has 0 unspecified atom stereocenters. The summed E-state index contributed by atoms with van der Waals surface area (Å²) < 4.78 is 37.9. The van der Waals surface area contributed by atoms with Crippen molar-refractivity contribution in [3.8, 4) is 0 Å². The molecule has 7 heteroatoms. The Balaban J connectivity index is 1.83. The Kier molecular flexibility index (Phi) is 4.18. The standard InChI is InChI=1S/C15H12F3NOS2/c16-15(17,18)11-5-3-10(4-6-11)14-19(7-9-22-14)13(20)12-2-1-8-21-12/h1-6,8,14H,7,9H2/t14-/m1/s1. The van der Waals surface area contributed by atoms with Crippen LogP contribution in [0.1, 0.15) is 26.2 Å². The van der Waals surface area contributed by atoms with Crippen molar-refractivity contribution in [1.29, 1.82) is 0 Å². The second-order valence-electron chi connectivity index (χ2n) is 4.82. The van der Waals surface area contributed by atoms with Gasteiger partial charge in [0.15, 0.2) is 0 Å². The van der Waals surface area contributed by atoms with Crippen LogP contribution in [0.4, 0.5) is 13.2 Å². The maximum Gasteiger partial charge on any atom is 0.416 e. The lowest BCUT2D eigenvalue weighted by Crippen LogP contribution is -2.29. The molecule has 0 spiro atoms. The molecule has 1 fully saturated rings. The van der Waals surface area contributed by atoms with Crippen LogP contribution in [0.3, 0.4) is 0 Å². The lowest BCUT2D eigenvalue weighted by atomic mass is 10.1. The molecule has 2 aromatic rings. The number of hydrogen-bond donors (Lipinski definition) is 0. The van der Waals surface area contributed by atoms with Crippen molar-refractivity contribution in [2.45, 2.75) is 11.6 Å². The van der Waals surface area contributed by atoms with E-state index >= 15 is 0 Å². The third-order valence-electron chi connectivity index (χ3n) is 3.41. The quantitative estimate of drug-likeness (QED) is 0.791. The van der Waals surface area contributed by atoms with Crippen molar-refractivity contribution in [2.24, 2.45) is 0 Å². The van der Waals surface area contributed by atoms with Crippen LogP contribution in [0.25, 0.3) is 0 Å². The SMILES string of the molecule is O=C(c1cccs1)N1CCS[C@@H]1c1ccc(C(F)(F)F)cc1. The summed E-state index contributed by atoms with van der Waals surface area (Å²) >= 11 is 2.94. The van der Waals surface area contributed by atoms with Gasteiger partial charge in [-0.2, -0.15) is 13.2 Å². The van der Waals surface area contributed by atoms with Crippen LogP contribution < -0.4 is 0 Å². The average Bonchev–Trinajstić information content (AvgIpc) is 3.17. The van der Waals surface area contributed by atoms with E-state index in [1.54, 1.807) is 22.7 Å². The highest BCUT2D eigenvalue weighted by molar-refractivity contribution is 7.99. The minimum Gasteiger partial charge on any atom is -0.321 e. The first-order chi connectivity index (χ1) is 10.5. The molecule has 1 aliphatic rings. The molecule has 116 valence electrons. The van der Waals surface area contributed by atoms with Crippen molar-refractivity contribution in [3.63, 3.8) is 0 Å². The fraction of sp³-hybridized carbons (Fsp3) is 0.267. The van der Waals surface area contributed by atoms with Crippen LogP contribution in [-0.4, -0.2) is 23.1 Å². The Labute approximate surface area is 133 Å². The monoisotopic (exact) mass is 343 g/mol. The topological polar surface area (TPSA) is 20.3 Å². The molecule has 1 aromatic heterocycles. The number of amides is 1. The van der Waals surface area contributed by atoms with Gasteiger partial charge in [0.1, 0.15) is 5.37 Å². The number of hydrogen-bond acceptors (Lipinski definition) is 3. The first kappa shape index (κ1) is 15.4. The Bertz CT molecular complexity index is 652. The smallest absolute Gasteiger partial charge is 0.321 e. The largest absolute Gasteiger partial charge is 0.416 e. The van der Waals surface area contributed by atoms with Crippen LogP contribution in [0, 0.1) is 0 Å². The predicted octanol–water partition coefficient (Wildman–Crippen LogP) is 4.65. The van der Waals surface area contributed by atoms with Crippen molar-refractivity contribution >= 4 is 29.0 Å². The Morgan fingerprint density at radius 1 is 1.18 bits per heavy atom. The minimum atomic E-state index is -4.34. The van der Waals surface area contributed by atoms with E-state index in [0.717, 1.165) is 23.4 Å². The van der Waals surface area contributed by atoms with Gasteiger partial charge in [0.2, 0.25) is 0 Å². The van der Waals surface area contributed by atoms with Gasteiger partial charge in [0.05, 0.1) is 10.4 Å². The molecule has 1 saturated heterocycles. The van der Waals surface area contributed by atoms with E-state index in [2.05, 4.69) is 0 Å². The lowest BCUT2D eigenvalue weighted by Gasteiger charge is -2.24. The molecule has 1 aromatic carbocycles. The van der Waals surface area contributed by atoms with E-state index in [9.17, 15) is 18.0 Å². The number of thiophene rings is 1. The molecule has 1 aliphatic heterocycles. The van der Waals surface area contributed by atoms with Crippen molar-refractivity contribution in [3.05, 3.63) is 57.8 Å². The van der Waals surface area contributed by atoms with Crippen LogP contribution in [-0.2, 0) is 6.18 Å². The zero-order chi connectivity index (χ0) is 15.7. The summed E-state index contributed by atoms with van der Waals surface area (Å²) in [4.78, 5) is 14.8. The number of rotatable bonds is 2. The molecule has 1 atom stereocenters. The van der Waals surface area contributed by atoms with E-state index in [-0.39, 0.29) is 11.3 Å². The third kappa shape index (κ3) is 3.01. The third-order valence-corrected chi connectivity index (χ3v) is 5.53. The molecule has 0 saturated carbocycles. The summed E-state index contributed by atoms with van der Waals surface area (Å²) in [7, 11) is 0. The van der Waals surface area contributed by atoms with Gasteiger partial charge in [0.25, 0.3) is 5.91 Å². The van der Waals surface area contributed by atoms with E-state index in [0.29, 0.717) is 11.4 Å². The maximum absolute atomic E-state index is 12.6. The highest BCUT2D eigenvalue weighted by atomic mass is 32.2. The van der Waals surface area contributed by atoms with E-state index < -0.39 is 11.7 Å². The van der Waals surface area contributed by atoms with Crippen molar-refractivity contribution in [1.82, 2.24) is 4.90 Å². The number of thioether (sulfide) groups is 1. The predicted molar refractivity (Wildman–Crippen MR) is 82.0 cm³/mol. The Morgan fingerprint density at radius 3 is 2.50 bits per heavy atom. The number of benzene rings is 1. The van der Waals surface area contributed by atoms with Gasteiger partial charge < -0.3 is 4.90 Å². The summed E-state index contributed by atoms with van der Waals surface area (Å²) in [5.41, 5.74) is 0.0517. The van der Waals surface area contributed by atoms with Crippen LogP contribution in [0.15, 0.2) is 41.8 Å². The normalized spacial score (nSPS) is 18.7. The van der Waals surface area contributed by atoms with Gasteiger partial charge in [-0.15, -0.1) is 23.1 Å². The first-order valence-electron chi connectivity index (χ1n) is 6.60. The molecule has 2 heterocycles. The number of carbonyl (C=O) groups excluding carboxylic acids is 1. The fourth-order valence-electron chi connectivity index (χ4n) is 2.33. The number of alkyl halides is 3. The summed E-state index contributed by atoms with van der Waals surface area (Å²) in [6.07, 6.45) is -4.34. The fourth-order valence-corrected chi connectivity index (χ4v) is 4.27. The summed E-state index contributed by atoms with van der Waals surface area (Å²) in [5.74, 6) is 0.716. The van der Waals surface area contributed by atoms with Crippen LogP contribution in [0.5, 0.6) is 0 Å². The Morgan fingerprint density at radius 2 is 1.91 bits per heavy atom. The van der Waals surface area contributed by atoms with E-state index in [1.165, 1.54) is 23.5 Å². The number of halogens is 3.